The van der Waals surface area contributed by atoms with E-state index in [0.29, 0.717) is 5.58 Å². The Hall–Kier alpha value is -3.92. The molecule has 0 amide bonds. The Balaban J connectivity index is 1.73. The van der Waals surface area contributed by atoms with E-state index in [-0.39, 0.29) is 5.82 Å². The number of aromatic nitrogens is 2. The lowest BCUT2D eigenvalue weighted by Crippen LogP contribution is -2.30. The van der Waals surface area contributed by atoms with Crippen molar-refractivity contribution in [1.82, 2.24) is 4.57 Å². The summed E-state index contributed by atoms with van der Waals surface area (Å²) in [6.07, 6.45) is 0. The van der Waals surface area contributed by atoms with Gasteiger partial charge < -0.3 is 4.42 Å². The molecule has 6 rings (SSSR count). The highest BCUT2D eigenvalue weighted by Crippen LogP contribution is 2.36. The maximum Gasteiger partial charge on any atom is 0.295 e. The number of fused-ring (bicyclic) bond motifs is 4. The Morgan fingerprint density at radius 2 is 1.55 bits per heavy atom. The van der Waals surface area contributed by atoms with Gasteiger partial charge >= 0.3 is 0 Å². The quantitative estimate of drug-likeness (QED) is 0.302. The van der Waals surface area contributed by atoms with Crippen LogP contribution >= 0.6 is 0 Å². The molecular weight excluding hydrogens is 387 g/mol. The summed E-state index contributed by atoms with van der Waals surface area (Å²) in [5.74, 6) is 0.794. The summed E-state index contributed by atoms with van der Waals surface area (Å²) in [4.78, 5) is 0. The Kier molecular flexibility index (Phi) is 3.78. The van der Waals surface area contributed by atoms with Crippen molar-refractivity contribution in [3.05, 3.63) is 96.3 Å². The molecule has 0 aliphatic carbocycles. The van der Waals surface area contributed by atoms with Crippen molar-refractivity contribution in [3.8, 4) is 17.1 Å². The molecule has 0 spiro atoms. The van der Waals surface area contributed by atoms with E-state index < -0.39 is 0 Å². The first-order chi connectivity index (χ1) is 15.1. The Morgan fingerprint density at radius 1 is 0.806 bits per heavy atom. The van der Waals surface area contributed by atoms with Crippen molar-refractivity contribution >= 4 is 33.0 Å². The molecule has 0 unspecified atom stereocenters. The molecule has 2 heterocycles. The Morgan fingerprint density at radius 3 is 2.39 bits per heavy atom. The Bertz CT molecular complexity index is 1610. The second-order valence-corrected chi connectivity index (χ2v) is 7.95. The third-order valence-corrected chi connectivity index (χ3v) is 6.05. The van der Waals surface area contributed by atoms with Crippen LogP contribution in [0.5, 0.6) is 0 Å². The second-order valence-electron chi connectivity index (χ2n) is 7.95. The van der Waals surface area contributed by atoms with Gasteiger partial charge in [-0.2, -0.15) is 4.57 Å². The number of benzene rings is 4. The highest BCUT2D eigenvalue weighted by Gasteiger charge is 2.27. The molecule has 3 nitrogen and oxygen atoms in total. The lowest BCUT2D eigenvalue weighted by Gasteiger charge is -2.07. The third-order valence-electron chi connectivity index (χ3n) is 6.05. The standard InChI is InChI=1S/C27H20FN2O/c1-17-14-25-22(20-13-12-18(28)15-26(20)31-25)16-21(17)27-29(2)23-10-6-7-11-24(23)30(27)19-8-4-3-5-9-19/h3-16H,1-2H3/q+1. The number of hydrogen-bond donors (Lipinski definition) is 0. The number of imidazole rings is 1. The maximum atomic E-state index is 13.7. The van der Waals surface area contributed by atoms with Gasteiger partial charge in [0.15, 0.2) is 11.0 Å². The van der Waals surface area contributed by atoms with E-state index >= 15 is 0 Å². The number of rotatable bonds is 2. The SMILES string of the molecule is Cc1cc2oc3cc(F)ccc3c2cc1-c1n(-c2ccccc2)c2ccccc2[n+]1C. The van der Waals surface area contributed by atoms with E-state index in [1.54, 1.807) is 6.07 Å². The van der Waals surface area contributed by atoms with Crippen molar-refractivity contribution in [3.63, 3.8) is 0 Å². The summed E-state index contributed by atoms with van der Waals surface area (Å²) < 4.78 is 24.2. The number of furan rings is 1. The van der Waals surface area contributed by atoms with Crippen LogP contribution in [0, 0.1) is 12.7 Å². The van der Waals surface area contributed by atoms with Gasteiger partial charge in [-0.1, -0.05) is 30.3 Å². The van der Waals surface area contributed by atoms with Crippen LogP contribution in [-0.4, -0.2) is 4.57 Å². The van der Waals surface area contributed by atoms with Crippen LogP contribution in [0.15, 0.2) is 89.3 Å². The monoisotopic (exact) mass is 407 g/mol. The van der Waals surface area contributed by atoms with Gasteiger partial charge in [0, 0.05) is 16.8 Å². The predicted molar refractivity (Wildman–Crippen MR) is 122 cm³/mol. The zero-order valence-corrected chi connectivity index (χ0v) is 17.3. The maximum absolute atomic E-state index is 13.7. The fourth-order valence-corrected chi connectivity index (χ4v) is 4.59. The minimum absolute atomic E-state index is 0.292. The molecule has 0 radical (unpaired) electrons. The minimum atomic E-state index is -0.292. The second kappa shape index (κ2) is 6.54. The molecular formula is C27H20FN2O+. The van der Waals surface area contributed by atoms with Crippen LogP contribution in [-0.2, 0) is 7.05 Å². The molecule has 2 aromatic heterocycles. The van der Waals surface area contributed by atoms with Crippen LogP contribution in [0.3, 0.4) is 0 Å². The van der Waals surface area contributed by atoms with Gasteiger partial charge in [-0.05, 0) is 61.0 Å². The first kappa shape index (κ1) is 17.9. The van der Waals surface area contributed by atoms with Crippen LogP contribution in [0.2, 0.25) is 0 Å². The van der Waals surface area contributed by atoms with E-state index in [1.807, 2.05) is 6.07 Å². The molecule has 0 aliphatic rings. The first-order valence-electron chi connectivity index (χ1n) is 10.3. The third kappa shape index (κ3) is 2.61. The summed E-state index contributed by atoms with van der Waals surface area (Å²) in [6.45, 7) is 2.09. The van der Waals surface area contributed by atoms with Crippen LogP contribution in [0.25, 0.3) is 50.0 Å². The molecule has 150 valence electrons. The lowest BCUT2D eigenvalue weighted by atomic mass is 10.0. The molecule has 31 heavy (non-hydrogen) atoms. The van der Waals surface area contributed by atoms with Crippen molar-refractivity contribution in [1.29, 1.82) is 0 Å². The van der Waals surface area contributed by atoms with E-state index in [2.05, 4.69) is 83.8 Å². The fourth-order valence-electron chi connectivity index (χ4n) is 4.59. The molecule has 0 bridgehead atoms. The predicted octanol–water partition coefficient (Wildman–Crippen LogP) is 6.47. The van der Waals surface area contributed by atoms with Gasteiger partial charge in [-0.25, -0.2) is 8.96 Å². The summed E-state index contributed by atoms with van der Waals surface area (Å²) in [5.41, 5.74) is 6.95. The average Bonchev–Trinajstić information content (AvgIpc) is 3.27. The van der Waals surface area contributed by atoms with Crippen LogP contribution in [0.1, 0.15) is 5.56 Å². The van der Waals surface area contributed by atoms with Crippen molar-refractivity contribution in [2.75, 3.05) is 0 Å². The number of aryl methyl sites for hydroxylation is 2. The molecule has 6 aromatic rings. The zero-order chi connectivity index (χ0) is 21.1. The van der Waals surface area contributed by atoms with Crippen molar-refractivity contribution < 1.29 is 13.4 Å². The lowest BCUT2D eigenvalue weighted by molar-refractivity contribution is -0.633. The molecule has 0 fully saturated rings. The van der Waals surface area contributed by atoms with Gasteiger partial charge in [-0.15, -0.1) is 0 Å². The van der Waals surface area contributed by atoms with Crippen molar-refractivity contribution in [2.24, 2.45) is 7.05 Å². The fraction of sp³-hybridized carbons (Fsp3) is 0.0741. The topological polar surface area (TPSA) is 21.9 Å². The molecule has 0 saturated heterocycles. The molecule has 0 atom stereocenters. The van der Waals surface area contributed by atoms with Crippen LogP contribution in [0.4, 0.5) is 4.39 Å². The van der Waals surface area contributed by atoms with Gasteiger partial charge in [0.25, 0.3) is 5.82 Å². The van der Waals surface area contributed by atoms with Crippen molar-refractivity contribution in [2.45, 2.75) is 6.92 Å². The van der Waals surface area contributed by atoms with Gasteiger partial charge in [0.05, 0.1) is 12.6 Å². The molecule has 0 aliphatic heterocycles. The average molecular weight is 407 g/mol. The summed E-state index contributed by atoms with van der Waals surface area (Å²) in [5, 5.41) is 1.91. The number of hydrogen-bond acceptors (Lipinski definition) is 1. The van der Waals surface area contributed by atoms with Gasteiger partial charge in [0.1, 0.15) is 22.7 Å². The number of nitrogens with zero attached hydrogens (tertiary/aromatic N) is 2. The summed E-state index contributed by atoms with van der Waals surface area (Å²) in [7, 11) is 2.10. The largest absolute Gasteiger partial charge is 0.456 e. The molecule has 4 aromatic carbocycles. The normalized spacial score (nSPS) is 11.7. The smallest absolute Gasteiger partial charge is 0.295 e. The van der Waals surface area contributed by atoms with Crippen LogP contribution < -0.4 is 4.57 Å². The molecule has 0 saturated carbocycles. The minimum Gasteiger partial charge on any atom is -0.456 e. The van der Waals surface area contributed by atoms with E-state index in [1.165, 1.54) is 12.1 Å². The highest BCUT2D eigenvalue weighted by atomic mass is 19.1. The summed E-state index contributed by atoms with van der Waals surface area (Å²) in [6, 6.07) is 27.8. The highest BCUT2D eigenvalue weighted by molar-refractivity contribution is 6.06. The number of halogens is 1. The summed E-state index contributed by atoms with van der Waals surface area (Å²) >= 11 is 0. The molecule has 4 heteroatoms. The van der Waals surface area contributed by atoms with Gasteiger partial charge in [0.2, 0.25) is 0 Å². The molecule has 0 N–H and O–H groups in total. The first-order valence-corrected chi connectivity index (χ1v) is 10.3. The van der Waals surface area contributed by atoms with E-state index in [4.69, 9.17) is 4.42 Å². The zero-order valence-electron chi connectivity index (χ0n) is 17.3. The Labute approximate surface area is 178 Å². The van der Waals surface area contributed by atoms with E-state index in [9.17, 15) is 4.39 Å². The van der Waals surface area contributed by atoms with E-state index in [0.717, 1.165) is 50.0 Å². The number of para-hydroxylation sites is 3. The van der Waals surface area contributed by atoms with Gasteiger partial charge in [-0.3, -0.25) is 0 Å².